The molecule has 1 N–H and O–H groups in total. The number of methoxy groups -OCH3 is 1. The summed E-state index contributed by atoms with van der Waals surface area (Å²) in [4.78, 5) is 30.4. The molecule has 0 fully saturated rings. The quantitative estimate of drug-likeness (QED) is 0.337. The second-order valence-electron chi connectivity index (χ2n) is 6.57. The Morgan fingerprint density at radius 1 is 1.06 bits per heavy atom. The van der Waals surface area contributed by atoms with Crippen LogP contribution in [0.4, 0.5) is 5.69 Å². The van der Waals surface area contributed by atoms with Gasteiger partial charge in [0.15, 0.2) is 5.16 Å². The van der Waals surface area contributed by atoms with Crippen LogP contribution in [0, 0.1) is 0 Å². The number of hydrogen-bond acceptors (Lipinski definition) is 5. The van der Waals surface area contributed by atoms with E-state index in [0.29, 0.717) is 38.2 Å². The number of benzene rings is 3. The van der Waals surface area contributed by atoms with Gasteiger partial charge in [-0.2, -0.15) is 0 Å². The minimum absolute atomic E-state index is 0.0617. The average molecular weight is 452 g/mol. The number of thioether (sulfide) groups is 1. The number of anilines is 1. The molecule has 156 valence electrons. The van der Waals surface area contributed by atoms with Crippen LogP contribution in [0.2, 0.25) is 5.02 Å². The number of fused-ring (bicyclic) bond motifs is 1. The lowest BCUT2D eigenvalue weighted by molar-refractivity contribution is -0.113. The number of para-hydroxylation sites is 2. The molecule has 0 unspecified atom stereocenters. The fourth-order valence-electron chi connectivity index (χ4n) is 3.05. The van der Waals surface area contributed by atoms with Gasteiger partial charge in [-0.25, -0.2) is 4.98 Å². The van der Waals surface area contributed by atoms with Gasteiger partial charge in [0.2, 0.25) is 5.91 Å². The molecule has 0 saturated carbocycles. The lowest BCUT2D eigenvalue weighted by atomic mass is 10.2. The van der Waals surface area contributed by atoms with E-state index in [1.807, 2.05) is 6.07 Å². The maximum absolute atomic E-state index is 13.2. The molecule has 0 atom stereocenters. The highest BCUT2D eigenvalue weighted by Gasteiger charge is 2.15. The van der Waals surface area contributed by atoms with Crippen LogP contribution in [0.25, 0.3) is 16.6 Å². The van der Waals surface area contributed by atoms with Crippen molar-refractivity contribution in [3.05, 3.63) is 88.2 Å². The Balaban J connectivity index is 1.68. The molecule has 6 nitrogen and oxygen atoms in total. The maximum atomic E-state index is 13.2. The molecule has 0 saturated heterocycles. The molecule has 0 radical (unpaired) electrons. The summed E-state index contributed by atoms with van der Waals surface area (Å²) in [7, 11) is 1.58. The van der Waals surface area contributed by atoms with Gasteiger partial charge in [0.1, 0.15) is 5.75 Å². The molecule has 4 rings (SSSR count). The maximum Gasteiger partial charge on any atom is 0.266 e. The number of rotatable bonds is 6. The SMILES string of the molecule is COc1ccc(-n2c(SCC(=O)Nc3ccccc3Cl)nc3ccccc3c2=O)cc1. The van der Waals surface area contributed by atoms with Gasteiger partial charge in [0, 0.05) is 0 Å². The summed E-state index contributed by atoms with van der Waals surface area (Å²) in [5, 5.41) is 4.16. The zero-order valence-electron chi connectivity index (χ0n) is 16.5. The highest BCUT2D eigenvalue weighted by molar-refractivity contribution is 7.99. The second kappa shape index (κ2) is 9.24. The molecule has 0 bridgehead atoms. The van der Waals surface area contributed by atoms with Gasteiger partial charge in [-0.05, 0) is 48.5 Å². The predicted molar refractivity (Wildman–Crippen MR) is 125 cm³/mol. The van der Waals surface area contributed by atoms with Crippen LogP contribution >= 0.6 is 23.4 Å². The van der Waals surface area contributed by atoms with Crippen LogP contribution in [-0.4, -0.2) is 28.3 Å². The average Bonchev–Trinajstić information content (AvgIpc) is 2.79. The lowest BCUT2D eigenvalue weighted by Crippen LogP contribution is -2.23. The van der Waals surface area contributed by atoms with E-state index < -0.39 is 0 Å². The highest BCUT2D eigenvalue weighted by atomic mass is 35.5. The van der Waals surface area contributed by atoms with Crippen molar-refractivity contribution in [3.63, 3.8) is 0 Å². The molecule has 0 spiro atoms. The Labute approximate surface area is 187 Å². The van der Waals surface area contributed by atoms with Crippen LogP contribution in [0.15, 0.2) is 82.7 Å². The molecular weight excluding hydrogens is 434 g/mol. The third-order valence-corrected chi connectivity index (χ3v) is 5.82. The van der Waals surface area contributed by atoms with Crippen LogP contribution in [0.3, 0.4) is 0 Å². The van der Waals surface area contributed by atoms with Gasteiger partial charge < -0.3 is 10.1 Å². The Morgan fingerprint density at radius 3 is 2.52 bits per heavy atom. The Morgan fingerprint density at radius 2 is 1.77 bits per heavy atom. The number of carbonyl (C=O) groups is 1. The molecule has 0 aliphatic carbocycles. The zero-order chi connectivity index (χ0) is 21.8. The number of halogens is 1. The molecule has 0 aliphatic rings. The topological polar surface area (TPSA) is 73.2 Å². The minimum Gasteiger partial charge on any atom is -0.497 e. The predicted octanol–water partition coefficient (Wildman–Crippen LogP) is 4.78. The molecule has 8 heteroatoms. The largest absolute Gasteiger partial charge is 0.497 e. The monoisotopic (exact) mass is 451 g/mol. The molecule has 4 aromatic rings. The first-order chi connectivity index (χ1) is 15.1. The Hall–Kier alpha value is -3.29. The number of hydrogen-bond donors (Lipinski definition) is 1. The fraction of sp³-hybridized carbons (Fsp3) is 0.0870. The summed E-state index contributed by atoms with van der Waals surface area (Å²) in [6, 6.07) is 21.3. The molecule has 1 aromatic heterocycles. The van der Waals surface area contributed by atoms with Gasteiger partial charge in [-0.1, -0.05) is 47.6 Å². The number of carbonyl (C=O) groups excluding carboxylic acids is 1. The standard InChI is InChI=1S/C23H18ClN3O3S/c1-30-16-12-10-15(11-13-16)27-22(29)17-6-2-4-8-19(17)26-23(27)31-14-21(28)25-20-9-5-3-7-18(20)24/h2-13H,14H2,1H3,(H,25,28). The molecule has 0 aliphatic heterocycles. The van der Waals surface area contributed by atoms with Crippen LogP contribution in [0.1, 0.15) is 0 Å². The lowest BCUT2D eigenvalue weighted by Gasteiger charge is -2.14. The van der Waals surface area contributed by atoms with Crippen molar-refractivity contribution in [2.75, 3.05) is 18.2 Å². The van der Waals surface area contributed by atoms with Gasteiger partial charge in [-0.3, -0.25) is 14.2 Å². The Kier molecular flexibility index (Phi) is 6.25. The van der Waals surface area contributed by atoms with Crippen molar-refractivity contribution < 1.29 is 9.53 Å². The summed E-state index contributed by atoms with van der Waals surface area (Å²) in [6.07, 6.45) is 0. The third kappa shape index (κ3) is 4.57. The van der Waals surface area contributed by atoms with Gasteiger partial charge >= 0.3 is 0 Å². The van der Waals surface area contributed by atoms with E-state index in [1.54, 1.807) is 73.8 Å². The molecule has 1 amide bonds. The molecule has 1 heterocycles. The summed E-state index contributed by atoms with van der Waals surface area (Å²) < 4.78 is 6.72. The van der Waals surface area contributed by atoms with E-state index >= 15 is 0 Å². The summed E-state index contributed by atoms with van der Waals surface area (Å²) >= 11 is 7.29. The third-order valence-electron chi connectivity index (χ3n) is 4.56. The van der Waals surface area contributed by atoms with Crippen LogP contribution < -0.4 is 15.6 Å². The van der Waals surface area contributed by atoms with Gasteiger partial charge in [-0.15, -0.1) is 0 Å². The van der Waals surface area contributed by atoms with E-state index in [9.17, 15) is 9.59 Å². The number of ether oxygens (including phenoxy) is 1. The summed E-state index contributed by atoms with van der Waals surface area (Å²) in [5.74, 6) is 0.493. The first-order valence-corrected chi connectivity index (χ1v) is 10.8. The van der Waals surface area contributed by atoms with E-state index in [2.05, 4.69) is 10.3 Å². The zero-order valence-corrected chi connectivity index (χ0v) is 18.1. The van der Waals surface area contributed by atoms with Crippen molar-refractivity contribution in [3.8, 4) is 11.4 Å². The van der Waals surface area contributed by atoms with E-state index in [-0.39, 0.29) is 17.2 Å². The fourth-order valence-corrected chi connectivity index (χ4v) is 4.04. The molecule has 31 heavy (non-hydrogen) atoms. The van der Waals surface area contributed by atoms with Crippen molar-refractivity contribution >= 4 is 45.9 Å². The van der Waals surface area contributed by atoms with Crippen molar-refractivity contribution in [2.24, 2.45) is 0 Å². The van der Waals surface area contributed by atoms with Crippen molar-refractivity contribution in [1.29, 1.82) is 0 Å². The molecular formula is C23H18ClN3O3S. The first-order valence-electron chi connectivity index (χ1n) is 9.40. The van der Waals surface area contributed by atoms with Gasteiger partial charge in [0.05, 0.1) is 40.2 Å². The first kappa shape index (κ1) is 21.0. The second-order valence-corrected chi connectivity index (χ2v) is 7.92. The van der Waals surface area contributed by atoms with Crippen LogP contribution in [-0.2, 0) is 4.79 Å². The van der Waals surface area contributed by atoms with Crippen LogP contribution in [0.5, 0.6) is 5.75 Å². The van der Waals surface area contributed by atoms with Crippen molar-refractivity contribution in [2.45, 2.75) is 5.16 Å². The number of amides is 1. The number of nitrogens with zero attached hydrogens (tertiary/aromatic N) is 2. The summed E-state index contributed by atoms with van der Waals surface area (Å²) in [5.41, 5.74) is 1.54. The van der Waals surface area contributed by atoms with E-state index in [1.165, 1.54) is 16.3 Å². The number of nitrogens with one attached hydrogen (secondary N) is 1. The molecule has 3 aromatic carbocycles. The minimum atomic E-state index is -0.248. The Bertz CT molecular complexity index is 1310. The number of aromatic nitrogens is 2. The smallest absolute Gasteiger partial charge is 0.266 e. The van der Waals surface area contributed by atoms with E-state index in [4.69, 9.17) is 16.3 Å². The summed E-state index contributed by atoms with van der Waals surface area (Å²) in [6.45, 7) is 0. The highest BCUT2D eigenvalue weighted by Crippen LogP contribution is 2.24. The van der Waals surface area contributed by atoms with Crippen molar-refractivity contribution in [1.82, 2.24) is 9.55 Å². The normalized spacial score (nSPS) is 10.8. The van der Waals surface area contributed by atoms with Gasteiger partial charge in [0.25, 0.3) is 5.56 Å². The van der Waals surface area contributed by atoms with E-state index in [0.717, 1.165) is 0 Å².